The number of oxime groups is 1. The fourth-order valence-electron chi connectivity index (χ4n) is 1.82. The zero-order chi connectivity index (χ0) is 13.3. The number of hydrogen-bond acceptors (Lipinski definition) is 3. The van der Waals surface area contributed by atoms with Crippen molar-refractivity contribution >= 4 is 17.4 Å². The summed E-state index contributed by atoms with van der Waals surface area (Å²) in [5.74, 6) is 0.0224. The summed E-state index contributed by atoms with van der Waals surface area (Å²) in [7, 11) is 0. The maximum absolute atomic E-state index is 8.80. The van der Waals surface area contributed by atoms with E-state index in [1.807, 2.05) is 19.9 Å². The topological polar surface area (TPSA) is 76.4 Å². The summed E-state index contributed by atoms with van der Waals surface area (Å²) < 4.78 is 1.72. The molecule has 1 heterocycles. The SMILES string of the molecule is Cc1cc(C)n(-c2cc(Cl)ccc2C(N)=NO)n1. The standard InChI is InChI=1S/C12H13ClN4O/c1-7-5-8(2)17(15-7)11-6-9(13)3-4-10(11)12(14)16-18/h3-6,18H,1-2H3,(H2,14,16). The van der Waals surface area contributed by atoms with Crippen LogP contribution >= 0.6 is 11.6 Å². The Labute approximate surface area is 109 Å². The molecule has 94 valence electrons. The average Bonchev–Trinajstić information content (AvgIpc) is 2.67. The third-order valence-corrected chi connectivity index (χ3v) is 2.82. The molecule has 1 aromatic carbocycles. The average molecular weight is 265 g/mol. The van der Waals surface area contributed by atoms with E-state index < -0.39 is 0 Å². The second-order valence-electron chi connectivity index (χ2n) is 3.99. The molecule has 0 unspecified atom stereocenters. The molecule has 0 saturated carbocycles. The van der Waals surface area contributed by atoms with E-state index in [-0.39, 0.29) is 5.84 Å². The van der Waals surface area contributed by atoms with Crippen molar-refractivity contribution in [2.75, 3.05) is 0 Å². The van der Waals surface area contributed by atoms with E-state index in [4.69, 9.17) is 22.5 Å². The van der Waals surface area contributed by atoms with Crippen LogP contribution in [0.25, 0.3) is 5.69 Å². The Morgan fingerprint density at radius 3 is 2.67 bits per heavy atom. The number of nitrogens with two attached hydrogens (primary N) is 1. The molecular formula is C12H13ClN4O. The van der Waals surface area contributed by atoms with Crippen molar-refractivity contribution in [2.24, 2.45) is 10.9 Å². The van der Waals surface area contributed by atoms with Crippen molar-refractivity contribution < 1.29 is 5.21 Å². The number of halogens is 1. The number of nitrogens with zero attached hydrogens (tertiary/aromatic N) is 3. The van der Waals surface area contributed by atoms with Crippen LogP contribution in [0.2, 0.25) is 5.02 Å². The minimum absolute atomic E-state index is 0.0224. The molecule has 0 radical (unpaired) electrons. The Kier molecular flexibility index (Phi) is 3.25. The molecule has 0 aliphatic heterocycles. The van der Waals surface area contributed by atoms with Crippen molar-refractivity contribution in [1.29, 1.82) is 0 Å². The van der Waals surface area contributed by atoms with Crippen molar-refractivity contribution in [3.05, 3.63) is 46.2 Å². The van der Waals surface area contributed by atoms with Crippen LogP contribution in [0.3, 0.4) is 0 Å². The van der Waals surface area contributed by atoms with Crippen molar-refractivity contribution in [2.45, 2.75) is 13.8 Å². The third kappa shape index (κ3) is 2.17. The van der Waals surface area contributed by atoms with Crippen molar-refractivity contribution in [3.8, 4) is 5.69 Å². The van der Waals surface area contributed by atoms with E-state index in [1.165, 1.54) is 0 Å². The van der Waals surface area contributed by atoms with Crippen LogP contribution in [-0.4, -0.2) is 20.8 Å². The number of rotatable bonds is 2. The largest absolute Gasteiger partial charge is 0.409 e. The van der Waals surface area contributed by atoms with Crippen LogP contribution in [0.1, 0.15) is 17.0 Å². The third-order valence-electron chi connectivity index (χ3n) is 2.58. The molecule has 3 N–H and O–H groups in total. The van der Waals surface area contributed by atoms with Crippen LogP contribution < -0.4 is 5.73 Å². The first-order valence-electron chi connectivity index (χ1n) is 5.34. The highest BCUT2D eigenvalue weighted by atomic mass is 35.5. The molecule has 0 amide bonds. The zero-order valence-electron chi connectivity index (χ0n) is 10.1. The summed E-state index contributed by atoms with van der Waals surface area (Å²) in [5, 5.41) is 16.8. The quantitative estimate of drug-likeness (QED) is 0.378. The van der Waals surface area contributed by atoms with E-state index in [2.05, 4.69) is 10.3 Å². The molecule has 0 bridgehead atoms. The maximum Gasteiger partial charge on any atom is 0.172 e. The van der Waals surface area contributed by atoms with E-state index in [1.54, 1.807) is 22.9 Å². The Morgan fingerprint density at radius 1 is 1.39 bits per heavy atom. The highest BCUT2D eigenvalue weighted by Crippen LogP contribution is 2.21. The van der Waals surface area contributed by atoms with Gasteiger partial charge in [0.15, 0.2) is 5.84 Å². The summed E-state index contributed by atoms with van der Waals surface area (Å²) in [6, 6.07) is 7.05. The highest BCUT2D eigenvalue weighted by molar-refractivity contribution is 6.31. The highest BCUT2D eigenvalue weighted by Gasteiger charge is 2.12. The van der Waals surface area contributed by atoms with E-state index in [9.17, 15) is 0 Å². The van der Waals surface area contributed by atoms with Gasteiger partial charge in [0.1, 0.15) is 0 Å². The normalized spacial score (nSPS) is 11.8. The van der Waals surface area contributed by atoms with Crippen molar-refractivity contribution in [3.63, 3.8) is 0 Å². The van der Waals surface area contributed by atoms with Crippen LogP contribution in [-0.2, 0) is 0 Å². The van der Waals surface area contributed by atoms with Gasteiger partial charge in [0, 0.05) is 16.3 Å². The summed E-state index contributed by atoms with van der Waals surface area (Å²) in [6.45, 7) is 3.83. The number of hydrogen-bond donors (Lipinski definition) is 2. The fourth-order valence-corrected chi connectivity index (χ4v) is 1.99. The molecule has 2 rings (SSSR count). The van der Waals surface area contributed by atoms with Gasteiger partial charge >= 0.3 is 0 Å². The van der Waals surface area contributed by atoms with Gasteiger partial charge in [-0.25, -0.2) is 4.68 Å². The maximum atomic E-state index is 8.80. The molecule has 0 saturated heterocycles. The smallest absolute Gasteiger partial charge is 0.172 e. The van der Waals surface area contributed by atoms with E-state index in [0.29, 0.717) is 16.3 Å². The van der Waals surface area contributed by atoms with Crippen LogP contribution in [0.4, 0.5) is 0 Å². The zero-order valence-corrected chi connectivity index (χ0v) is 10.8. The molecule has 5 nitrogen and oxygen atoms in total. The number of benzene rings is 1. The van der Waals surface area contributed by atoms with Crippen LogP contribution in [0, 0.1) is 13.8 Å². The number of aryl methyl sites for hydroxylation is 2. The molecule has 0 spiro atoms. The van der Waals surface area contributed by atoms with E-state index in [0.717, 1.165) is 11.4 Å². The minimum atomic E-state index is 0.0224. The molecule has 1 aromatic heterocycles. The Bertz CT molecular complexity index is 619. The minimum Gasteiger partial charge on any atom is -0.409 e. The summed E-state index contributed by atoms with van der Waals surface area (Å²) in [5.41, 5.74) is 8.75. The van der Waals surface area contributed by atoms with E-state index >= 15 is 0 Å². The lowest BCUT2D eigenvalue weighted by molar-refractivity contribution is 0.318. The van der Waals surface area contributed by atoms with Gasteiger partial charge in [-0.2, -0.15) is 5.10 Å². The molecule has 2 aromatic rings. The fraction of sp³-hybridized carbons (Fsp3) is 0.167. The Balaban J connectivity index is 2.69. The molecule has 0 atom stereocenters. The monoisotopic (exact) mass is 264 g/mol. The van der Waals surface area contributed by atoms with Gasteiger partial charge in [0.2, 0.25) is 0 Å². The second kappa shape index (κ2) is 4.70. The lowest BCUT2D eigenvalue weighted by Gasteiger charge is -2.10. The predicted octanol–water partition coefficient (Wildman–Crippen LogP) is 2.24. The van der Waals surface area contributed by atoms with Crippen LogP contribution in [0.5, 0.6) is 0 Å². The summed E-state index contributed by atoms with van der Waals surface area (Å²) >= 11 is 5.99. The lowest BCUT2D eigenvalue weighted by atomic mass is 10.1. The molecule has 0 aliphatic carbocycles. The van der Waals surface area contributed by atoms with Crippen LogP contribution in [0.15, 0.2) is 29.4 Å². The molecule has 6 heteroatoms. The van der Waals surface area contributed by atoms with Gasteiger partial charge in [0.25, 0.3) is 0 Å². The molecule has 0 fully saturated rings. The summed E-state index contributed by atoms with van der Waals surface area (Å²) in [6.07, 6.45) is 0. The second-order valence-corrected chi connectivity index (χ2v) is 4.42. The molecule has 18 heavy (non-hydrogen) atoms. The van der Waals surface area contributed by atoms with Gasteiger partial charge in [-0.05, 0) is 38.1 Å². The Morgan fingerprint density at radius 2 is 2.11 bits per heavy atom. The van der Waals surface area contributed by atoms with Gasteiger partial charge in [0.05, 0.1) is 11.4 Å². The predicted molar refractivity (Wildman–Crippen MR) is 70.6 cm³/mol. The van der Waals surface area contributed by atoms with Gasteiger partial charge in [-0.1, -0.05) is 16.8 Å². The number of aromatic nitrogens is 2. The number of amidine groups is 1. The first-order chi connectivity index (χ1) is 8.52. The summed E-state index contributed by atoms with van der Waals surface area (Å²) in [4.78, 5) is 0. The van der Waals surface area contributed by atoms with Gasteiger partial charge in [-0.3, -0.25) is 0 Å². The molecular weight excluding hydrogens is 252 g/mol. The first kappa shape index (κ1) is 12.4. The van der Waals surface area contributed by atoms with Gasteiger partial charge < -0.3 is 10.9 Å². The lowest BCUT2D eigenvalue weighted by Crippen LogP contribution is -2.17. The molecule has 0 aliphatic rings. The first-order valence-corrected chi connectivity index (χ1v) is 5.72. The Hall–Kier alpha value is -2.01. The van der Waals surface area contributed by atoms with Gasteiger partial charge in [-0.15, -0.1) is 0 Å². The van der Waals surface area contributed by atoms with Crippen molar-refractivity contribution in [1.82, 2.24) is 9.78 Å².